The van der Waals surface area contributed by atoms with Crippen molar-refractivity contribution in [2.45, 2.75) is 25.4 Å². The highest BCUT2D eigenvalue weighted by atomic mass is 32.1. The Balaban J connectivity index is 1.89. The number of nitrogens with two attached hydrogens (primary N) is 1. The minimum atomic E-state index is -0.297. The summed E-state index contributed by atoms with van der Waals surface area (Å²) in [4.78, 5) is 24.9. The van der Waals surface area contributed by atoms with Crippen LogP contribution in [0, 0.1) is 0 Å². The highest BCUT2D eigenvalue weighted by Gasteiger charge is 2.32. The second-order valence-electron chi connectivity index (χ2n) is 4.37. The van der Waals surface area contributed by atoms with E-state index < -0.39 is 0 Å². The van der Waals surface area contributed by atoms with Gasteiger partial charge in [-0.15, -0.1) is 0 Å². The number of carbonyl (C=O) groups excluding carboxylic acids is 2. The van der Waals surface area contributed by atoms with Gasteiger partial charge in [-0.25, -0.2) is 0 Å². The van der Waals surface area contributed by atoms with E-state index in [0.717, 1.165) is 18.4 Å². The zero-order valence-corrected chi connectivity index (χ0v) is 10.9. The van der Waals surface area contributed by atoms with Gasteiger partial charge in [0.05, 0.1) is 13.1 Å². The van der Waals surface area contributed by atoms with Crippen LogP contribution in [0.4, 0.5) is 0 Å². The van der Waals surface area contributed by atoms with Gasteiger partial charge in [0, 0.05) is 12.6 Å². The first-order valence-corrected chi connectivity index (χ1v) is 6.92. The fraction of sp³-hybridized carbons (Fsp3) is 0.500. The molecule has 0 aromatic carbocycles. The molecule has 0 atom stereocenters. The van der Waals surface area contributed by atoms with Crippen molar-refractivity contribution >= 4 is 23.2 Å². The summed E-state index contributed by atoms with van der Waals surface area (Å²) in [5.41, 5.74) is 6.32. The van der Waals surface area contributed by atoms with E-state index >= 15 is 0 Å². The number of carbonyl (C=O) groups is 2. The smallest absolute Gasteiger partial charge is 0.242 e. The van der Waals surface area contributed by atoms with Crippen molar-refractivity contribution in [2.24, 2.45) is 5.73 Å². The van der Waals surface area contributed by atoms with E-state index in [1.165, 1.54) is 0 Å². The summed E-state index contributed by atoms with van der Waals surface area (Å²) in [7, 11) is 0. The second kappa shape index (κ2) is 5.97. The van der Waals surface area contributed by atoms with Crippen molar-refractivity contribution < 1.29 is 9.59 Å². The van der Waals surface area contributed by atoms with Crippen LogP contribution in [0.3, 0.4) is 0 Å². The third-order valence-corrected chi connectivity index (χ3v) is 3.60. The van der Waals surface area contributed by atoms with Crippen LogP contribution in [0.25, 0.3) is 0 Å². The van der Waals surface area contributed by atoms with Crippen LogP contribution in [0.5, 0.6) is 0 Å². The first kappa shape index (κ1) is 13.0. The van der Waals surface area contributed by atoms with Crippen LogP contribution in [-0.2, 0) is 16.1 Å². The van der Waals surface area contributed by atoms with E-state index in [1.807, 2.05) is 21.7 Å². The molecule has 0 saturated heterocycles. The van der Waals surface area contributed by atoms with Crippen molar-refractivity contribution in [3.05, 3.63) is 22.4 Å². The van der Waals surface area contributed by atoms with Crippen LogP contribution in [-0.4, -0.2) is 35.8 Å². The standard InChI is InChI=1S/C12H17N3O2S/c13-5-11(16)14-6-12(17)15(10-1-2-10)7-9-3-4-18-8-9/h3-4,8,10H,1-2,5-7,13H2,(H,14,16). The molecule has 1 saturated carbocycles. The Morgan fingerprint density at radius 2 is 2.28 bits per heavy atom. The minimum Gasteiger partial charge on any atom is -0.346 e. The normalized spacial score (nSPS) is 14.3. The lowest BCUT2D eigenvalue weighted by atomic mass is 10.3. The fourth-order valence-electron chi connectivity index (χ4n) is 1.73. The number of thiophene rings is 1. The molecular formula is C12H17N3O2S. The van der Waals surface area contributed by atoms with Crippen LogP contribution < -0.4 is 11.1 Å². The summed E-state index contributed by atoms with van der Waals surface area (Å²) in [6, 6.07) is 2.36. The molecule has 1 heterocycles. The Hall–Kier alpha value is -1.40. The molecule has 1 aliphatic carbocycles. The molecular weight excluding hydrogens is 250 g/mol. The van der Waals surface area contributed by atoms with Crippen molar-refractivity contribution in [1.82, 2.24) is 10.2 Å². The molecule has 1 fully saturated rings. The summed E-state index contributed by atoms with van der Waals surface area (Å²) in [6.45, 7) is 0.587. The van der Waals surface area contributed by atoms with E-state index in [9.17, 15) is 9.59 Å². The van der Waals surface area contributed by atoms with Crippen LogP contribution in [0.1, 0.15) is 18.4 Å². The van der Waals surface area contributed by atoms with Gasteiger partial charge in [0.1, 0.15) is 0 Å². The molecule has 3 N–H and O–H groups in total. The molecule has 6 heteroatoms. The first-order valence-electron chi connectivity index (χ1n) is 5.98. The molecule has 0 bridgehead atoms. The number of nitrogens with one attached hydrogen (secondary N) is 1. The summed E-state index contributed by atoms with van der Waals surface area (Å²) < 4.78 is 0. The highest BCUT2D eigenvalue weighted by Crippen LogP contribution is 2.28. The number of hydrogen-bond acceptors (Lipinski definition) is 4. The Kier molecular flexibility index (Phi) is 4.33. The number of nitrogens with zero attached hydrogens (tertiary/aromatic N) is 1. The van der Waals surface area contributed by atoms with Gasteiger partial charge >= 0.3 is 0 Å². The fourth-order valence-corrected chi connectivity index (χ4v) is 2.39. The first-order chi connectivity index (χ1) is 8.70. The number of hydrogen-bond donors (Lipinski definition) is 2. The quantitative estimate of drug-likeness (QED) is 0.779. The molecule has 1 aromatic heterocycles. The van der Waals surface area contributed by atoms with Crippen LogP contribution >= 0.6 is 11.3 Å². The van der Waals surface area contributed by atoms with E-state index in [2.05, 4.69) is 5.32 Å². The Labute approximate surface area is 110 Å². The average molecular weight is 267 g/mol. The zero-order valence-electron chi connectivity index (χ0n) is 10.1. The molecule has 0 spiro atoms. The summed E-state index contributed by atoms with van der Waals surface area (Å²) in [5, 5.41) is 6.57. The molecule has 5 nitrogen and oxygen atoms in total. The lowest BCUT2D eigenvalue weighted by Gasteiger charge is -2.22. The van der Waals surface area contributed by atoms with Crippen LogP contribution in [0.2, 0.25) is 0 Å². The van der Waals surface area contributed by atoms with Gasteiger partial charge in [-0.05, 0) is 35.2 Å². The van der Waals surface area contributed by atoms with Gasteiger partial charge in [-0.3, -0.25) is 9.59 Å². The maximum Gasteiger partial charge on any atom is 0.242 e. The van der Waals surface area contributed by atoms with Crippen molar-refractivity contribution in [2.75, 3.05) is 13.1 Å². The number of rotatable bonds is 6. The predicted molar refractivity (Wildman–Crippen MR) is 70.0 cm³/mol. The second-order valence-corrected chi connectivity index (χ2v) is 5.15. The SMILES string of the molecule is NCC(=O)NCC(=O)N(Cc1ccsc1)C1CC1. The molecule has 2 rings (SSSR count). The maximum atomic E-state index is 12.0. The van der Waals surface area contributed by atoms with Crippen molar-refractivity contribution in [3.63, 3.8) is 0 Å². The van der Waals surface area contributed by atoms with Crippen molar-refractivity contribution in [1.29, 1.82) is 0 Å². The summed E-state index contributed by atoms with van der Waals surface area (Å²) in [6.07, 6.45) is 2.11. The summed E-state index contributed by atoms with van der Waals surface area (Å²) in [5.74, 6) is -0.333. The minimum absolute atomic E-state index is 0.0366. The summed E-state index contributed by atoms with van der Waals surface area (Å²) >= 11 is 1.62. The van der Waals surface area contributed by atoms with Gasteiger partial charge in [0.15, 0.2) is 0 Å². The van der Waals surface area contributed by atoms with Crippen LogP contribution in [0.15, 0.2) is 16.8 Å². The third kappa shape index (κ3) is 3.54. The molecule has 18 heavy (non-hydrogen) atoms. The Bertz CT molecular complexity index is 415. The lowest BCUT2D eigenvalue weighted by Crippen LogP contribution is -2.42. The lowest BCUT2D eigenvalue weighted by molar-refractivity contribution is -0.133. The van der Waals surface area contributed by atoms with Gasteiger partial charge in [-0.1, -0.05) is 0 Å². The van der Waals surface area contributed by atoms with E-state index in [4.69, 9.17) is 5.73 Å². The molecule has 0 aliphatic heterocycles. The topological polar surface area (TPSA) is 75.4 Å². The van der Waals surface area contributed by atoms with E-state index in [1.54, 1.807) is 11.3 Å². The highest BCUT2D eigenvalue weighted by molar-refractivity contribution is 7.07. The molecule has 1 aromatic rings. The monoisotopic (exact) mass is 267 g/mol. The van der Waals surface area contributed by atoms with Gasteiger partial charge in [0.2, 0.25) is 11.8 Å². The van der Waals surface area contributed by atoms with E-state index in [0.29, 0.717) is 12.6 Å². The van der Waals surface area contributed by atoms with E-state index in [-0.39, 0.29) is 24.9 Å². The largest absolute Gasteiger partial charge is 0.346 e. The Morgan fingerprint density at radius 3 is 2.83 bits per heavy atom. The third-order valence-electron chi connectivity index (χ3n) is 2.86. The maximum absolute atomic E-state index is 12.0. The van der Waals surface area contributed by atoms with Gasteiger partial charge in [-0.2, -0.15) is 11.3 Å². The van der Waals surface area contributed by atoms with Crippen molar-refractivity contribution in [3.8, 4) is 0 Å². The molecule has 98 valence electrons. The molecule has 1 aliphatic rings. The number of amides is 2. The molecule has 0 unspecified atom stereocenters. The molecule has 2 amide bonds. The zero-order chi connectivity index (χ0) is 13.0. The Morgan fingerprint density at radius 1 is 1.50 bits per heavy atom. The predicted octanol–water partition coefficient (Wildman–Crippen LogP) is 0.314. The molecule has 0 radical (unpaired) electrons. The average Bonchev–Trinajstić information content (AvgIpc) is 3.09. The van der Waals surface area contributed by atoms with Gasteiger partial charge in [0.25, 0.3) is 0 Å². The van der Waals surface area contributed by atoms with Gasteiger partial charge < -0.3 is 16.0 Å².